The highest BCUT2D eigenvalue weighted by atomic mass is 16.6. The molecule has 2 aliphatic heterocycles. The Kier molecular flexibility index (Phi) is 4.55. The molecule has 1 saturated carbocycles. The summed E-state index contributed by atoms with van der Waals surface area (Å²) >= 11 is 0. The normalized spacial score (nSPS) is 29.5. The van der Waals surface area contributed by atoms with Crippen molar-refractivity contribution in [1.82, 2.24) is 4.90 Å². The minimum absolute atomic E-state index is 0.000122. The second-order valence-electron chi connectivity index (χ2n) is 9.10. The van der Waals surface area contributed by atoms with Crippen LogP contribution in [0.5, 0.6) is 11.5 Å². The Morgan fingerprint density at radius 1 is 1.20 bits per heavy atom. The molecule has 5 heteroatoms. The Labute approximate surface area is 177 Å². The van der Waals surface area contributed by atoms with E-state index >= 15 is 0 Å². The minimum Gasteiger partial charge on any atom is -0.493 e. The summed E-state index contributed by atoms with van der Waals surface area (Å²) in [6.07, 6.45) is 1.53. The molecule has 1 aliphatic carbocycles. The lowest BCUT2D eigenvalue weighted by molar-refractivity contribution is 0.0173. The average Bonchev–Trinajstić information content (AvgIpc) is 3.12. The van der Waals surface area contributed by atoms with Crippen LogP contribution in [0, 0.1) is 12.8 Å². The third kappa shape index (κ3) is 2.75. The van der Waals surface area contributed by atoms with Gasteiger partial charge in [0.1, 0.15) is 12.2 Å². The van der Waals surface area contributed by atoms with Crippen LogP contribution >= 0.6 is 0 Å². The van der Waals surface area contributed by atoms with Crippen LogP contribution in [-0.2, 0) is 16.7 Å². The van der Waals surface area contributed by atoms with Gasteiger partial charge in [-0.05, 0) is 50.7 Å². The number of methoxy groups -OCH3 is 1. The number of esters is 1. The second kappa shape index (κ2) is 7.02. The maximum atomic E-state index is 12.8. The van der Waals surface area contributed by atoms with Crippen LogP contribution in [0.15, 0.2) is 36.4 Å². The first-order chi connectivity index (χ1) is 14.4. The molecule has 0 amide bonds. The van der Waals surface area contributed by atoms with Gasteiger partial charge in [-0.1, -0.05) is 30.7 Å². The molecular weight excluding hydrogens is 378 g/mol. The van der Waals surface area contributed by atoms with Gasteiger partial charge < -0.3 is 19.1 Å². The highest BCUT2D eigenvalue weighted by Gasteiger charge is 2.62. The van der Waals surface area contributed by atoms with E-state index in [0.717, 1.165) is 36.6 Å². The van der Waals surface area contributed by atoms with Crippen LogP contribution in [0.25, 0.3) is 0 Å². The number of benzene rings is 2. The topological polar surface area (TPSA) is 48.0 Å². The number of carbonyl (C=O) groups excluding carboxylic acids is 1. The molecule has 0 radical (unpaired) electrons. The first-order valence-corrected chi connectivity index (χ1v) is 10.8. The van der Waals surface area contributed by atoms with Crippen LogP contribution in [0.1, 0.15) is 46.8 Å². The number of nitrogens with zero attached hydrogens (tertiary/aromatic N) is 1. The summed E-state index contributed by atoms with van der Waals surface area (Å²) in [5.74, 6) is 1.61. The lowest BCUT2D eigenvalue weighted by Crippen LogP contribution is -2.40. The number of hydrogen-bond donors (Lipinski definition) is 0. The number of hydrogen-bond acceptors (Lipinski definition) is 5. The fourth-order valence-corrected chi connectivity index (χ4v) is 5.76. The smallest absolute Gasteiger partial charge is 0.338 e. The van der Waals surface area contributed by atoms with Crippen molar-refractivity contribution in [3.05, 3.63) is 58.7 Å². The molecule has 0 saturated heterocycles. The Morgan fingerprint density at radius 3 is 2.70 bits per heavy atom. The van der Waals surface area contributed by atoms with E-state index in [9.17, 15) is 4.79 Å². The van der Waals surface area contributed by atoms with Gasteiger partial charge in [0.05, 0.1) is 12.7 Å². The number of ether oxygens (including phenoxy) is 3. The predicted molar refractivity (Wildman–Crippen MR) is 114 cm³/mol. The molecule has 2 heterocycles. The summed E-state index contributed by atoms with van der Waals surface area (Å²) in [7, 11) is 3.86. The third-order valence-corrected chi connectivity index (χ3v) is 7.44. The first kappa shape index (κ1) is 19.4. The zero-order chi connectivity index (χ0) is 21.0. The summed E-state index contributed by atoms with van der Waals surface area (Å²) in [5, 5.41) is 0. The van der Waals surface area contributed by atoms with Crippen molar-refractivity contribution in [2.75, 3.05) is 20.7 Å². The van der Waals surface area contributed by atoms with E-state index < -0.39 is 0 Å². The number of aryl methyl sites for hydroxylation is 1. The van der Waals surface area contributed by atoms with Gasteiger partial charge in [-0.2, -0.15) is 0 Å². The molecule has 0 aromatic heterocycles. The van der Waals surface area contributed by atoms with Crippen molar-refractivity contribution in [3.63, 3.8) is 0 Å². The molecule has 1 fully saturated rings. The van der Waals surface area contributed by atoms with Gasteiger partial charge in [-0.3, -0.25) is 0 Å². The molecular formula is C25H29NO4. The van der Waals surface area contributed by atoms with Crippen LogP contribution in [-0.4, -0.2) is 43.8 Å². The summed E-state index contributed by atoms with van der Waals surface area (Å²) in [6.45, 7) is 6.11. The average molecular weight is 408 g/mol. The van der Waals surface area contributed by atoms with E-state index in [-0.39, 0.29) is 29.5 Å². The summed E-state index contributed by atoms with van der Waals surface area (Å²) < 4.78 is 18.2. The summed E-state index contributed by atoms with van der Waals surface area (Å²) in [6, 6.07) is 11.8. The van der Waals surface area contributed by atoms with Crippen molar-refractivity contribution in [3.8, 4) is 11.5 Å². The fraction of sp³-hybridized carbons (Fsp3) is 0.480. The molecule has 30 heavy (non-hydrogen) atoms. The van der Waals surface area contributed by atoms with Crippen molar-refractivity contribution in [1.29, 1.82) is 0 Å². The quantitative estimate of drug-likeness (QED) is 0.717. The molecule has 1 spiro atoms. The van der Waals surface area contributed by atoms with Crippen molar-refractivity contribution in [2.45, 2.75) is 50.9 Å². The molecule has 2 unspecified atom stereocenters. The monoisotopic (exact) mass is 407 g/mol. The SMILES string of the molecule is COc1ccc2c3c1OC1C[C@@H](OC(=O)c4ccc(C)cc4)C(C)[C@@]31CCN(C)C2. The lowest BCUT2D eigenvalue weighted by Gasteiger charge is -2.34. The van der Waals surface area contributed by atoms with Crippen LogP contribution in [0.2, 0.25) is 0 Å². The van der Waals surface area contributed by atoms with Gasteiger partial charge in [0, 0.05) is 29.9 Å². The van der Waals surface area contributed by atoms with Gasteiger partial charge in [-0.25, -0.2) is 4.79 Å². The Balaban J connectivity index is 1.50. The van der Waals surface area contributed by atoms with E-state index in [1.165, 1.54) is 11.1 Å². The van der Waals surface area contributed by atoms with E-state index in [4.69, 9.17) is 14.2 Å². The number of rotatable bonds is 3. The van der Waals surface area contributed by atoms with Gasteiger partial charge in [0.15, 0.2) is 11.5 Å². The lowest BCUT2D eigenvalue weighted by atomic mass is 9.69. The van der Waals surface area contributed by atoms with Crippen LogP contribution in [0.4, 0.5) is 0 Å². The minimum atomic E-state index is -0.250. The van der Waals surface area contributed by atoms with Crippen molar-refractivity contribution >= 4 is 5.97 Å². The zero-order valence-corrected chi connectivity index (χ0v) is 18.1. The molecule has 0 bridgehead atoms. The summed E-state index contributed by atoms with van der Waals surface area (Å²) in [5.41, 5.74) is 4.15. The molecule has 5 nitrogen and oxygen atoms in total. The third-order valence-electron chi connectivity index (χ3n) is 7.44. The van der Waals surface area contributed by atoms with Crippen LogP contribution in [0.3, 0.4) is 0 Å². The van der Waals surface area contributed by atoms with Gasteiger partial charge in [0.2, 0.25) is 0 Å². The maximum Gasteiger partial charge on any atom is 0.338 e. The van der Waals surface area contributed by atoms with Gasteiger partial charge >= 0.3 is 5.97 Å². The molecule has 3 aliphatic rings. The van der Waals surface area contributed by atoms with Crippen molar-refractivity contribution < 1.29 is 19.0 Å². The van der Waals surface area contributed by atoms with Crippen molar-refractivity contribution in [2.24, 2.45) is 5.92 Å². The zero-order valence-electron chi connectivity index (χ0n) is 18.1. The Morgan fingerprint density at radius 2 is 1.97 bits per heavy atom. The van der Waals surface area contributed by atoms with E-state index in [1.54, 1.807) is 7.11 Å². The molecule has 2 aromatic rings. The Bertz CT molecular complexity index is 985. The largest absolute Gasteiger partial charge is 0.493 e. The maximum absolute atomic E-state index is 12.8. The van der Waals surface area contributed by atoms with E-state index in [1.807, 2.05) is 37.3 Å². The van der Waals surface area contributed by atoms with Gasteiger partial charge in [-0.15, -0.1) is 0 Å². The highest BCUT2D eigenvalue weighted by Crippen LogP contribution is 2.61. The molecule has 5 rings (SSSR count). The highest BCUT2D eigenvalue weighted by molar-refractivity contribution is 5.89. The van der Waals surface area contributed by atoms with E-state index in [2.05, 4.69) is 24.9 Å². The molecule has 0 N–H and O–H groups in total. The number of carbonyl (C=O) groups is 1. The molecule has 158 valence electrons. The second-order valence-corrected chi connectivity index (χ2v) is 9.10. The molecule has 4 atom stereocenters. The van der Waals surface area contributed by atoms with Crippen LogP contribution < -0.4 is 9.47 Å². The summed E-state index contributed by atoms with van der Waals surface area (Å²) in [4.78, 5) is 15.2. The standard InChI is InChI=1S/C25H29NO4/c1-15-5-7-17(8-6-15)24(27)29-20-13-21-25(16(20)2)11-12-26(3)14-18-9-10-19(28-4)23(30-21)22(18)25/h5-10,16,20-21H,11-14H2,1-4H3/t16?,20-,21?,25-/m1/s1. The fourth-order valence-electron chi connectivity index (χ4n) is 5.76. The van der Waals surface area contributed by atoms with Gasteiger partial charge in [0.25, 0.3) is 0 Å². The van der Waals surface area contributed by atoms with E-state index in [0.29, 0.717) is 12.0 Å². The predicted octanol–water partition coefficient (Wildman–Crippen LogP) is 4.10. The first-order valence-electron chi connectivity index (χ1n) is 10.8. The Hall–Kier alpha value is -2.53. The molecule has 2 aromatic carbocycles.